The number of hydrogen-bond donors (Lipinski definition) is 5. The predicted octanol–water partition coefficient (Wildman–Crippen LogP) is 11.4. The number of carbonyl (C=O) groups is 3. The Morgan fingerprint density at radius 2 is 1.62 bits per heavy atom. The lowest BCUT2D eigenvalue weighted by Crippen LogP contribution is -2.27. The number of rotatable bonds is 15. The first-order valence-corrected chi connectivity index (χ1v) is 23.5. The molecule has 7 rings (SSSR count). The molecule has 3 aromatic carbocycles. The number of ether oxygens (including phenoxy) is 3. The third kappa shape index (κ3) is 15.7. The van der Waals surface area contributed by atoms with Gasteiger partial charge in [-0.3, -0.25) is 4.79 Å². The summed E-state index contributed by atoms with van der Waals surface area (Å²) < 4.78 is 18.3. The molecule has 64 heavy (non-hydrogen) atoms. The number of aromatic carboxylic acids is 1. The summed E-state index contributed by atoms with van der Waals surface area (Å²) in [5, 5.41) is 27.6. The zero-order valence-electron chi connectivity index (χ0n) is 38.6. The molecule has 0 radical (unpaired) electrons. The average Bonchev–Trinajstić information content (AvgIpc) is 3.93. The Hall–Kier alpha value is -4.86. The smallest absolute Gasteiger partial charge is 0.404 e. The summed E-state index contributed by atoms with van der Waals surface area (Å²) >= 11 is 3.10. The lowest BCUT2D eigenvalue weighted by atomic mass is 9.76. The number of fused-ring (bicyclic) bond motifs is 2. The minimum absolute atomic E-state index is 0.0633. The highest BCUT2D eigenvalue weighted by Gasteiger charge is 2.45. The molecule has 5 N–H and O–H groups in total. The minimum atomic E-state index is -0.982. The van der Waals surface area contributed by atoms with Crippen LogP contribution in [0.2, 0.25) is 0 Å². The first-order chi connectivity index (χ1) is 30.6. The molecule has 348 valence electrons. The highest BCUT2D eigenvalue weighted by Crippen LogP contribution is 2.44. The van der Waals surface area contributed by atoms with Gasteiger partial charge in [-0.1, -0.05) is 63.6 Å². The van der Waals surface area contributed by atoms with Gasteiger partial charge in [0.1, 0.15) is 10.8 Å². The van der Waals surface area contributed by atoms with Crippen molar-refractivity contribution in [3.63, 3.8) is 0 Å². The second-order valence-corrected chi connectivity index (χ2v) is 19.6. The number of thiophene rings is 1. The molecule has 3 heterocycles. The second kappa shape index (κ2) is 25.0. The van der Waals surface area contributed by atoms with Crippen LogP contribution < -0.4 is 20.7 Å². The fourth-order valence-corrected chi connectivity index (χ4v) is 10.1. The van der Waals surface area contributed by atoms with Crippen LogP contribution in [0.15, 0.2) is 90.8 Å². The summed E-state index contributed by atoms with van der Waals surface area (Å²) in [4.78, 5) is 37.9. The highest BCUT2D eigenvalue weighted by molar-refractivity contribution is 7.97. The van der Waals surface area contributed by atoms with Gasteiger partial charge in [-0.2, -0.15) is 0 Å². The van der Waals surface area contributed by atoms with E-state index in [4.69, 9.17) is 19.3 Å². The molecule has 2 amide bonds. The fourth-order valence-electron chi connectivity index (χ4n) is 7.74. The molecule has 2 aliphatic heterocycles. The van der Waals surface area contributed by atoms with E-state index in [1.165, 1.54) is 29.7 Å². The highest BCUT2D eigenvalue weighted by atomic mass is 32.2. The molecule has 12 nitrogen and oxygen atoms in total. The molecular weight excluding hydrogens is 849 g/mol. The Balaban J connectivity index is 0.000000239. The Morgan fingerprint density at radius 1 is 0.969 bits per heavy atom. The maximum absolute atomic E-state index is 13.2. The maximum Gasteiger partial charge on any atom is 0.404 e. The summed E-state index contributed by atoms with van der Waals surface area (Å²) in [6, 6.07) is 23.5. The van der Waals surface area contributed by atoms with Gasteiger partial charge in [-0.05, 0) is 129 Å². The van der Waals surface area contributed by atoms with Crippen LogP contribution in [0, 0.1) is 24.2 Å². The number of aryl methyl sites for hydroxylation is 2. The normalized spacial score (nSPS) is 17.9. The number of carboxylic acid groups (broad SMARTS) is 2. The monoisotopic (exact) mass is 916 g/mol. The van der Waals surface area contributed by atoms with Crippen molar-refractivity contribution in [3.8, 4) is 5.75 Å². The number of benzene rings is 3. The molecule has 14 heteroatoms. The Labute approximate surface area is 388 Å². The number of carbonyl (C=O) groups excluding carboxylic acids is 1. The van der Waals surface area contributed by atoms with Gasteiger partial charge < -0.3 is 40.4 Å². The van der Waals surface area contributed by atoms with Crippen LogP contribution in [0.1, 0.15) is 103 Å². The summed E-state index contributed by atoms with van der Waals surface area (Å²) in [7, 11) is 1.66. The van der Waals surface area contributed by atoms with E-state index >= 15 is 0 Å². The number of anilines is 2. The summed E-state index contributed by atoms with van der Waals surface area (Å²) in [6.45, 7) is 23.3. The molecule has 2 saturated heterocycles. The van der Waals surface area contributed by atoms with E-state index in [1.54, 1.807) is 25.1 Å². The van der Waals surface area contributed by atoms with E-state index in [0.717, 1.165) is 77.9 Å². The van der Waals surface area contributed by atoms with Gasteiger partial charge in [0.05, 0.1) is 25.9 Å². The summed E-state index contributed by atoms with van der Waals surface area (Å²) in [5.41, 5.74) is 4.75. The first-order valence-electron chi connectivity index (χ1n) is 21.9. The van der Waals surface area contributed by atoms with Crippen LogP contribution >= 0.6 is 23.3 Å². The summed E-state index contributed by atoms with van der Waals surface area (Å²) in [6.07, 6.45) is 4.79. The maximum atomic E-state index is 13.2. The third-order valence-electron chi connectivity index (χ3n) is 11.2. The topological polar surface area (TPSA) is 159 Å². The van der Waals surface area contributed by atoms with E-state index in [9.17, 15) is 19.5 Å². The fraction of sp³-hybridized carbons (Fsp3) is 0.460. The van der Waals surface area contributed by atoms with Crippen molar-refractivity contribution in [2.45, 2.75) is 97.3 Å². The largest absolute Gasteiger partial charge is 0.497 e. The van der Waals surface area contributed by atoms with Gasteiger partial charge in [0.2, 0.25) is 0 Å². The number of hydrogen-bond acceptors (Lipinski definition) is 10. The van der Waals surface area contributed by atoms with E-state index in [0.29, 0.717) is 41.9 Å². The predicted molar refractivity (Wildman–Crippen MR) is 260 cm³/mol. The van der Waals surface area contributed by atoms with Crippen molar-refractivity contribution in [1.82, 2.24) is 9.62 Å². The van der Waals surface area contributed by atoms with Gasteiger partial charge >= 0.3 is 12.1 Å². The molecule has 0 atom stereocenters. The lowest BCUT2D eigenvalue weighted by Gasteiger charge is -2.29. The van der Waals surface area contributed by atoms with Crippen LogP contribution in [0.3, 0.4) is 0 Å². The Morgan fingerprint density at radius 3 is 2.22 bits per heavy atom. The first kappa shape index (κ1) is 51.8. The van der Waals surface area contributed by atoms with Gasteiger partial charge in [-0.25, -0.2) is 13.9 Å². The molecule has 0 spiro atoms. The number of nitrogens with one attached hydrogen (secondary N) is 3. The van der Waals surface area contributed by atoms with Crippen molar-refractivity contribution in [2.75, 3.05) is 50.6 Å². The molecule has 1 aliphatic carbocycles. The van der Waals surface area contributed by atoms with Crippen LogP contribution in [0.4, 0.5) is 15.5 Å². The standard InChI is InChI=1S/C26H28N2O3S.C15H24N2O3S.C7H12O2.C2H4/c1-16-8-10-18(11-9-16)27-15-17-6-4-5-7-19(17)23(29)28-24-22(25(30)31)20-14-26(2,3)13-12-21(20)32-24;1-12(2)11-17(10-4-9-16-15(18)19)21-14-7-5-13(20-3)6-8-14;1-7-6(2-4-8-7)3-5-9-7;1-2/h4-11,27H,12-15H2,1-3H3,(H,28,29)(H,30,31);5-8,12,16H,4,9-11H2,1-3H3,(H,18,19);6H,2-5H2,1H3;1-2H2. The number of amides is 2. The van der Waals surface area contributed by atoms with E-state index in [1.807, 2.05) is 73.7 Å². The van der Waals surface area contributed by atoms with Gasteiger partial charge in [0, 0.05) is 53.1 Å². The van der Waals surface area contributed by atoms with Crippen molar-refractivity contribution in [3.05, 3.63) is 119 Å². The quantitative estimate of drug-likeness (QED) is 0.0439. The van der Waals surface area contributed by atoms with Crippen molar-refractivity contribution < 1.29 is 38.8 Å². The number of methoxy groups -OCH3 is 1. The zero-order valence-corrected chi connectivity index (χ0v) is 40.2. The summed E-state index contributed by atoms with van der Waals surface area (Å²) in [5.74, 6) is 0.623. The van der Waals surface area contributed by atoms with E-state index < -0.39 is 12.1 Å². The van der Waals surface area contributed by atoms with E-state index in [-0.39, 0.29) is 22.7 Å². The number of carboxylic acids is 1. The SMILES string of the molecule is C=C.CC12OCCC1CCO2.COc1ccc(SN(CCCNC(=O)O)CC(C)C)cc1.Cc1ccc(NCc2ccccc2C(=O)Nc2sc3c(c2C(=O)O)CC(C)(C)CC3)cc1. The average molecular weight is 917 g/mol. The molecule has 0 bridgehead atoms. The Bertz CT molecular complexity index is 2100. The van der Waals surface area contributed by atoms with E-state index in [2.05, 4.69) is 68.0 Å². The molecule has 0 saturated carbocycles. The van der Waals surface area contributed by atoms with Crippen molar-refractivity contribution >= 4 is 51.9 Å². The molecule has 1 aromatic heterocycles. The Kier molecular flexibility index (Phi) is 20.2. The minimum Gasteiger partial charge on any atom is -0.497 e. The number of nitrogens with zero attached hydrogens (tertiary/aromatic N) is 1. The second-order valence-electron chi connectivity index (χ2n) is 17.3. The third-order valence-corrected chi connectivity index (χ3v) is 13.5. The van der Waals surface area contributed by atoms with Crippen LogP contribution in [0.5, 0.6) is 5.75 Å². The molecular formula is C50H68N4O8S2. The van der Waals surface area contributed by atoms with Gasteiger partial charge in [-0.15, -0.1) is 24.5 Å². The molecule has 3 aliphatic rings. The van der Waals surface area contributed by atoms with Crippen molar-refractivity contribution in [2.24, 2.45) is 17.3 Å². The van der Waals surface area contributed by atoms with Gasteiger partial charge in [0.15, 0.2) is 5.79 Å². The van der Waals surface area contributed by atoms with Crippen LogP contribution in [0.25, 0.3) is 0 Å². The molecule has 0 unspecified atom stereocenters. The van der Waals surface area contributed by atoms with Gasteiger partial charge in [0.25, 0.3) is 5.91 Å². The zero-order chi connectivity index (χ0) is 46.9. The van der Waals surface area contributed by atoms with Crippen molar-refractivity contribution in [1.29, 1.82) is 0 Å². The van der Waals surface area contributed by atoms with Crippen LogP contribution in [-0.4, -0.2) is 78.2 Å². The molecule has 4 aromatic rings. The lowest BCUT2D eigenvalue weighted by molar-refractivity contribution is -0.181. The van der Waals surface area contributed by atoms with Crippen LogP contribution in [-0.2, 0) is 28.9 Å². The molecule has 2 fully saturated rings.